The van der Waals surface area contributed by atoms with E-state index in [1.165, 1.54) is 6.20 Å². The summed E-state index contributed by atoms with van der Waals surface area (Å²) in [6.07, 6.45) is 1.47. The smallest absolute Gasteiger partial charge is 0.295 e. The molecule has 0 bridgehead atoms. The molecule has 0 atom stereocenters. The van der Waals surface area contributed by atoms with E-state index in [9.17, 15) is 9.59 Å². The monoisotopic (exact) mass is 254 g/mol. The van der Waals surface area contributed by atoms with Gasteiger partial charge in [0.2, 0.25) is 0 Å². The number of nitrogens with one attached hydrogen (secondary N) is 1. The number of ketones is 1. The highest BCUT2D eigenvalue weighted by molar-refractivity contribution is 6.12. The summed E-state index contributed by atoms with van der Waals surface area (Å²) in [7, 11) is 0. The number of carbonyl (C=O) groups excluding carboxylic acids is 1. The molecule has 0 amide bonds. The summed E-state index contributed by atoms with van der Waals surface area (Å²) in [5.41, 5.74) is 0.725. The molecular formula is C13H10N4O2. The van der Waals surface area contributed by atoms with Gasteiger partial charge in [-0.2, -0.15) is 9.50 Å². The summed E-state index contributed by atoms with van der Waals surface area (Å²) in [6.45, 7) is 1.62. The Morgan fingerprint density at radius 3 is 2.68 bits per heavy atom. The SMILES string of the molecule is Cc1nc(=O)n2[nH]cc(C(=O)c3ccccc3)c2n1. The molecule has 0 fully saturated rings. The Hall–Kier alpha value is -2.76. The molecule has 3 aromatic rings. The third kappa shape index (κ3) is 1.83. The molecule has 0 unspecified atom stereocenters. The third-order valence-electron chi connectivity index (χ3n) is 2.79. The number of hydrogen-bond acceptors (Lipinski definition) is 4. The topological polar surface area (TPSA) is 80.1 Å². The zero-order chi connectivity index (χ0) is 13.4. The first kappa shape index (κ1) is 11.3. The van der Waals surface area contributed by atoms with Crippen LogP contribution in [0.15, 0.2) is 41.3 Å². The molecule has 19 heavy (non-hydrogen) atoms. The molecule has 0 aliphatic heterocycles. The average molecular weight is 254 g/mol. The van der Waals surface area contributed by atoms with Crippen LogP contribution in [0.4, 0.5) is 0 Å². The molecule has 6 heteroatoms. The maximum absolute atomic E-state index is 12.3. The Balaban J connectivity index is 2.22. The van der Waals surface area contributed by atoms with Gasteiger partial charge in [0, 0.05) is 11.8 Å². The molecule has 0 saturated carbocycles. The lowest BCUT2D eigenvalue weighted by Gasteiger charge is -1.98. The lowest BCUT2D eigenvalue weighted by atomic mass is 10.1. The van der Waals surface area contributed by atoms with E-state index in [-0.39, 0.29) is 5.78 Å². The number of fused-ring (bicyclic) bond motifs is 1. The van der Waals surface area contributed by atoms with Crippen molar-refractivity contribution in [3.8, 4) is 0 Å². The summed E-state index contributed by atoms with van der Waals surface area (Å²) in [5, 5.41) is 2.69. The van der Waals surface area contributed by atoms with Crippen molar-refractivity contribution in [2.75, 3.05) is 0 Å². The molecule has 0 radical (unpaired) electrons. The fourth-order valence-corrected chi connectivity index (χ4v) is 1.91. The largest absolute Gasteiger partial charge is 0.370 e. The minimum absolute atomic E-state index is 0.183. The van der Waals surface area contributed by atoms with Crippen molar-refractivity contribution in [1.82, 2.24) is 19.6 Å². The van der Waals surface area contributed by atoms with Crippen molar-refractivity contribution in [3.63, 3.8) is 0 Å². The van der Waals surface area contributed by atoms with Gasteiger partial charge in [0.1, 0.15) is 5.82 Å². The highest BCUT2D eigenvalue weighted by Gasteiger charge is 2.16. The van der Waals surface area contributed by atoms with Gasteiger partial charge in [-0.05, 0) is 6.92 Å². The average Bonchev–Trinajstić information content (AvgIpc) is 2.83. The van der Waals surface area contributed by atoms with Crippen LogP contribution in [0.5, 0.6) is 0 Å². The first-order chi connectivity index (χ1) is 9.16. The Kier molecular flexibility index (Phi) is 2.49. The van der Waals surface area contributed by atoms with Gasteiger partial charge >= 0.3 is 5.69 Å². The van der Waals surface area contributed by atoms with E-state index in [0.717, 1.165) is 4.52 Å². The van der Waals surface area contributed by atoms with Gasteiger partial charge in [0.05, 0.1) is 5.56 Å². The fourth-order valence-electron chi connectivity index (χ4n) is 1.91. The zero-order valence-corrected chi connectivity index (χ0v) is 10.1. The number of rotatable bonds is 2. The van der Waals surface area contributed by atoms with Crippen molar-refractivity contribution in [2.24, 2.45) is 0 Å². The summed E-state index contributed by atoms with van der Waals surface area (Å²) in [4.78, 5) is 31.8. The van der Waals surface area contributed by atoms with Gasteiger partial charge in [-0.1, -0.05) is 30.3 Å². The number of aromatic amines is 1. The second kappa shape index (κ2) is 4.16. The predicted molar refractivity (Wildman–Crippen MR) is 68.2 cm³/mol. The highest BCUT2D eigenvalue weighted by Crippen LogP contribution is 2.12. The number of aryl methyl sites for hydroxylation is 1. The first-order valence-electron chi connectivity index (χ1n) is 5.71. The van der Waals surface area contributed by atoms with Crippen LogP contribution in [0.2, 0.25) is 0 Å². The van der Waals surface area contributed by atoms with E-state index in [4.69, 9.17) is 0 Å². The number of benzene rings is 1. The Labute approximate surface area is 107 Å². The minimum atomic E-state index is -0.477. The Morgan fingerprint density at radius 1 is 1.21 bits per heavy atom. The molecule has 0 saturated heterocycles. The minimum Gasteiger partial charge on any atom is -0.295 e. The summed E-state index contributed by atoms with van der Waals surface area (Å²) < 4.78 is 1.16. The van der Waals surface area contributed by atoms with Crippen LogP contribution < -0.4 is 5.69 Å². The summed E-state index contributed by atoms with van der Waals surface area (Å²) in [6, 6.07) is 8.85. The van der Waals surface area contributed by atoms with Crippen LogP contribution in [0.1, 0.15) is 21.7 Å². The highest BCUT2D eigenvalue weighted by atomic mass is 16.1. The van der Waals surface area contributed by atoms with Gasteiger partial charge in [0.25, 0.3) is 0 Å². The third-order valence-corrected chi connectivity index (χ3v) is 2.79. The van der Waals surface area contributed by atoms with Crippen molar-refractivity contribution < 1.29 is 4.79 Å². The van der Waals surface area contributed by atoms with Crippen LogP contribution in [-0.4, -0.2) is 25.4 Å². The molecule has 3 rings (SSSR count). The van der Waals surface area contributed by atoms with Gasteiger partial charge in [0.15, 0.2) is 11.4 Å². The van der Waals surface area contributed by atoms with Gasteiger partial charge in [-0.3, -0.25) is 9.89 Å². The van der Waals surface area contributed by atoms with Crippen LogP contribution in [-0.2, 0) is 0 Å². The fraction of sp³-hybridized carbons (Fsp3) is 0.0769. The zero-order valence-electron chi connectivity index (χ0n) is 10.1. The summed E-state index contributed by atoms with van der Waals surface area (Å²) in [5.74, 6) is 0.156. The van der Waals surface area contributed by atoms with E-state index < -0.39 is 5.69 Å². The Morgan fingerprint density at radius 2 is 1.95 bits per heavy atom. The van der Waals surface area contributed by atoms with Crippen LogP contribution in [0.25, 0.3) is 5.65 Å². The van der Waals surface area contributed by atoms with Crippen molar-refractivity contribution in [2.45, 2.75) is 6.92 Å². The molecule has 0 spiro atoms. The lowest BCUT2D eigenvalue weighted by Crippen LogP contribution is -2.20. The van der Waals surface area contributed by atoms with Crippen LogP contribution >= 0.6 is 0 Å². The molecular weight excluding hydrogens is 244 g/mol. The van der Waals surface area contributed by atoms with Crippen LogP contribution in [0, 0.1) is 6.92 Å². The molecule has 94 valence electrons. The van der Waals surface area contributed by atoms with E-state index in [0.29, 0.717) is 22.6 Å². The Bertz CT molecular complexity index is 818. The standard InChI is InChI=1S/C13H10N4O2/c1-8-15-12-10(7-14-17(12)13(19)16-8)11(18)9-5-3-2-4-6-9/h2-7,14H,1H3. The molecule has 6 nitrogen and oxygen atoms in total. The molecule has 0 aliphatic rings. The van der Waals surface area contributed by atoms with Gasteiger partial charge < -0.3 is 0 Å². The second-order valence-corrected chi connectivity index (χ2v) is 4.09. The lowest BCUT2D eigenvalue weighted by molar-refractivity contribution is 0.104. The van der Waals surface area contributed by atoms with Gasteiger partial charge in [-0.15, -0.1) is 0 Å². The quantitative estimate of drug-likeness (QED) is 0.691. The number of aromatic nitrogens is 4. The van der Waals surface area contributed by atoms with Crippen LogP contribution in [0.3, 0.4) is 0 Å². The van der Waals surface area contributed by atoms with E-state index in [2.05, 4.69) is 15.1 Å². The maximum atomic E-state index is 12.3. The van der Waals surface area contributed by atoms with E-state index in [1.54, 1.807) is 31.2 Å². The molecule has 1 aromatic carbocycles. The number of carbonyl (C=O) groups is 1. The summed E-state index contributed by atoms with van der Waals surface area (Å²) >= 11 is 0. The molecule has 2 heterocycles. The van der Waals surface area contributed by atoms with E-state index in [1.807, 2.05) is 6.07 Å². The van der Waals surface area contributed by atoms with Crippen molar-refractivity contribution in [3.05, 3.63) is 64.0 Å². The maximum Gasteiger partial charge on any atom is 0.370 e. The van der Waals surface area contributed by atoms with E-state index >= 15 is 0 Å². The first-order valence-corrected chi connectivity index (χ1v) is 5.71. The normalized spacial score (nSPS) is 10.8. The number of H-pyrrole nitrogens is 1. The van der Waals surface area contributed by atoms with Crippen molar-refractivity contribution >= 4 is 11.4 Å². The predicted octanol–water partition coefficient (Wildman–Crippen LogP) is 0.957. The molecule has 2 aromatic heterocycles. The second-order valence-electron chi connectivity index (χ2n) is 4.09. The number of nitrogens with zero attached hydrogens (tertiary/aromatic N) is 3. The number of hydrogen-bond donors (Lipinski definition) is 1. The van der Waals surface area contributed by atoms with Crippen molar-refractivity contribution in [1.29, 1.82) is 0 Å². The van der Waals surface area contributed by atoms with Gasteiger partial charge in [-0.25, -0.2) is 9.78 Å². The molecule has 0 aliphatic carbocycles. The molecule has 1 N–H and O–H groups in total.